The van der Waals surface area contributed by atoms with Crippen molar-refractivity contribution in [1.29, 1.82) is 0 Å². The van der Waals surface area contributed by atoms with Crippen LogP contribution in [0.25, 0.3) is 0 Å². The molecule has 1 aliphatic rings. The number of halogens is 1. The average Bonchev–Trinajstić information content (AvgIpc) is 3.29. The average molecular weight is 474 g/mol. The monoisotopic (exact) mass is 473 g/mol. The molecule has 0 bridgehead atoms. The summed E-state index contributed by atoms with van der Waals surface area (Å²) < 4.78 is 6.17. The lowest BCUT2D eigenvalue weighted by molar-refractivity contribution is -0.121. The molecule has 3 rings (SSSR count). The molecule has 2 N–H and O–H groups in total. The zero-order chi connectivity index (χ0) is 21.3. The van der Waals surface area contributed by atoms with Gasteiger partial charge in [-0.3, -0.25) is 14.5 Å². The highest BCUT2D eigenvalue weighted by atomic mass is 79.9. The van der Waals surface area contributed by atoms with Crippen LogP contribution in [0.2, 0.25) is 0 Å². The Morgan fingerprint density at radius 1 is 1.03 bits per heavy atom. The normalized spacial score (nSPS) is 14.9. The van der Waals surface area contributed by atoms with Gasteiger partial charge in [-0.2, -0.15) is 0 Å². The SMILES string of the molecule is COc1ccc(C(CNC(=O)CCNC(=O)c2ccc(Br)cc2)N2CCCC2)cc1. The first kappa shape index (κ1) is 22.3. The van der Waals surface area contributed by atoms with Crippen molar-refractivity contribution >= 4 is 27.7 Å². The molecule has 1 aliphatic heterocycles. The number of nitrogens with one attached hydrogen (secondary N) is 2. The Labute approximate surface area is 186 Å². The van der Waals surface area contributed by atoms with E-state index in [-0.39, 0.29) is 24.3 Å². The van der Waals surface area contributed by atoms with E-state index >= 15 is 0 Å². The fraction of sp³-hybridized carbons (Fsp3) is 0.391. The van der Waals surface area contributed by atoms with Gasteiger partial charge in [-0.15, -0.1) is 0 Å². The van der Waals surface area contributed by atoms with Crippen LogP contribution in [0.5, 0.6) is 5.75 Å². The Kier molecular flexibility index (Phi) is 8.28. The number of likely N-dealkylation sites (tertiary alicyclic amines) is 1. The Morgan fingerprint density at radius 3 is 2.33 bits per heavy atom. The number of nitrogens with zero attached hydrogens (tertiary/aromatic N) is 1. The van der Waals surface area contributed by atoms with Crippen LogP contribution < -0.4 is 15.4 Å². The summed E-state index contributed by atoms with van der Waals surface area (Å²) in [5.74, 6) is 0.580. The zero-order valence-corrected chi connectivity index (χ0v) is 18.8. The largest absolute Gasteiger partial charge is 0.497 e. The maximum atomic E-state index is 12.3. The minimum Gasteiger partial charge on any atom is -0.497 e. The van der Waals surface area contributed by atoms with Gasteiger partial charge in [0.05, 0.1) is 13.2 Å². The molecule has 0 aliphatic carbocycles. The van der Waals surface area contributed by atoms with E-state index in [9.17, 15) is 9.59 Å². The molecule has 30 heavy (non-hydrogen) atoms. The van der Waals surface area contributed by atoms with Crippen LogP contribution in [0.1, 0.15) is 41.2 Å². The predicted octanol–water partition coefficient (Wildman–Crippen LogP) is 3.53. The third-order valence-corrected chi connectivity index (χ3v) is 5.85. The fourth-order valence-corrected chi connectivity index (χ4v) is 3.89. The van der Waals surface area contributed by atoms with Crippen LogP contribution in [0, 0.1) is 0 Å². The molecule has 160 valence electrons. The molecule has 1 heterocycles. The Balaban J connectivity index is 1.48. The highest BCUT2D eigenvalue weighted by Gasteiger charge is 2.24. The van der Waals surface area contributed by atoms with E-state index in [1.807, 2.05) is 24.3 Å². The van der Waals surface area contributed by atoms with E-state index in [0.29, 0.717) is 18.7 Å². The molecule has 2 amide bonds. The molecule has 1 atom stereocenters. The van der Waals surface area contributed by atoms with Gasteiger partial charge in [0.15, 0.2) is 0 Å². The van der Waals surface area contributed by atoms with Crippen LogP contribution in [0.3, 0.4) is 0 Å². The molecular weight excluding hydrogens is 446 g/mol. The Hall–Kier alpha value is -2.38. The van der Waals surface area contributed by atoms with E-state index in [2.05, 4.69) is 43.6 Å². The molecule has 1 fully saturated rings. The first-order valence-electron chi connectivity index (χ1n) is 10.3. The molecule has 0 aromatic heterocycles. The standard InChI is InChI=1S/C23H28BrN3O3/c1-30-20-10-6-17(7-11-20)21(27-14-2-3-15-27)16-26-22(28)12-13-25-23(29)18-4-8-19(24)9-5-18/h4-11,21H,2-3,12-16H2,1H3,(H,25,29)(H,26,28). The maximum Gasteiger partial charge on any atom is 0.251 e. The first-order chi connectivity index (χ1) is 14.6. The van der Waals surface area contributed by atoms with Gasteiger partial charge in [-0.25, -0.2) is 0 Å². The number of rotatable bonds is 9. The van der Waals surface area contributed by atoms with Crippen LogP contribution in [-0.2, 0) is 4.79 Å². The smallest absolute Gasteiger partial charge is 0.251 e. The van der Waals surface area contributed by atoms with E-state index < -0.39 is 0 Å². The van der Waals surface area contributed by atoms with E-state index in [1.54, 1.807) is 19.2 Å². The van der Waals surface area contributed by atoms with Crippen molar-refractivity contribution in [2.75, 3.05) is 33.3 Å². The summed E-state index contributed by atoms with van der Waals surface area (Å²) >= 11 is 3.35. The van der Waals surface area contributed by atoms with Crippen LogP contribution in [0.15, 0.2) is 53.0 Å². The van der Waals surface area contributed by atoms with Crippen molar-refractivity contribution in [3.63, 3.8) is 0 Å². The van der Waals surface area contributed by atoms with Crippen molar-refractivity contribution in [3.05, 3.63) is 64.1 Å². The second-order valence-corrected chi connectivity index (χ2v) is 8.26. The number of hydrogen-bond donors (Lipinski definition) is 2. The molecule has 1 saturated heterocycles. The molecule has 0 spiro atoms. The van der Waals surface area contributed by atoms with Crippen LogP contribution in [-0.4, -0.2) is 50.0 Å². The number of carbonyl (C=O) groups excluding carboxylic acids is 2. The molecule has 1 unspecified atom stereocenters. The zero-order valence-electron chi connectivity index (χ0n) is 17.2. The topological polar surface area (TPSA) is 70.7 Å². The summed E-state index contributed by atoms with van der Waals surface area (Å²) in [5, 5.41) is 5.84. The van der Waals surface area contributed by atoms with Gasteiger partial charge >= 0.3 is 0 Å². The summed E-state index contributed by atoms with van der Waals surface area (Å²) in [6.07, 6.45) is 2.61. The lowest BCUT2D eigenvalue weighted by Crippen LogP contribution is -2.38. The molecule has 0 radical (unpaired) electrons. The second kappa shape index (κ2) is 11.1. The highest BCUT2D eigenvalue weighted by Crippen LogP contribution is 2.26. The molecule has 0 saturated carbocycles. The van der Waals surface area contributed by atoms with Crippen molar-refractivity contribution in [2.45, 2.75) is 25.3 Å². The van der Waals surface area contributed by atoms with Gasteiger partial charge < -0.3 is 15.4 Å². The predicted molar refractivity (Wildman–Crippen MR) is 121 cm³/mol. The lowest BCUT2D eigenvalue weighted by Gasteiger charge is -2.28. The van der Waals surface area contributed by atoms with Crippen LogP contribution >= 0.6 is 15.9 Å². The minimum absolute atomic E-state index is 0.0659. The Morgan fingerprint density at radius 2 is 1.70 bits per heavy atom. The highest BCUT2D eigenvalue weighted by molar-refractivity contribution is 9.10. The van der Waals surface area contributed by atoms with Gasteiger partial charge in [-0.1, -0.05) is 28.1 Å². The summed E-state index contributed by atoms with van der Waals surface area (Å²) in [6.45, 7) is 2.93. The number of methoxy groups -OCH3 is 1. The third kappa shape index (κ3) is 6.31. The Bertz CT molecular complexity index is 834. The summed E-state index contributed by atoms with van der Waals surface area (Å²) in [7, 11) is 1.66. The number of ether oxygens (including phenoxy) is 1. The van der Waals surface area contributed by atoms with E-state index in [1.165, 1.54) is 18.4 Å². The van der Waals surface area contributed by atoms with E-state index in [0.717, 1.165) is 23.3 Å². The van der Waals surface area contributed by atoms with Crippen molar-refractivity contribution in [2.24, 2.45) is 0 Å². The molecular formula is C23H28BrN3O3. The fourth-order valence-electron chi connectivity index (χ4n) is 3.63. The minimum atomic E-state index is -0.177. The van der Waals surface area contributed by atoms with Gasteiger partial charge in [-0.05, 0) is 67.9 Å². The van der Waals surface area contributed by atoms with Gasteiger partial charge in [0.1, 0.15) is 5.75 Å². The summed E-state index contributed by atoms with van der Waals surface area (Å²) in [5.41, 5.74) is 1.74. The number of benzene rings is 2. The second-order valence-electron chi connectivity index (χ2n) is 7.35. The van der Waals surface area contributed by atoms with E-state index in [4.69, 9.17) is 4.74 Å². The number of amides is 2. The van der Waals surface area contributed by atoms with Crippen molar-refractivity contribution < 1.29 is 14.3 Å². The van der Waals surface area contributed by atoms with Crippen LogP contribution in [0.4, 0.5) is 0 Å². The lowest BCUT2D eigenvalue weighted by atomic mass is 10.1. The first-order valence-corrected chi connectivity index (χ1v) is 11.0. The molecule has 6 nitrogen and oxygen atoms in total. The molecule has 2 aromatic rings. The third-order valence-electron chi connectivity index (χ3n) is 5.32. The van der Waals surface area contributed by atoms with Gasteiger partial charge in [0, 0.05) is 29.5 Å². The number of hydrogen-bond acceptors (Lipinski definition) is 4. The number of carbonyl (C=O) groups is 2. The van der Waals surface area contributed by atoms with Crippen molar-refractivity contribution in [1.82, 2.24) is 15.5 Å². The maximum absolute atomic E-state index is 12.3. The quantitative estimate of drug-likeness (QED) is 0.584. The van der Waals surface area contributed by atoms with Gasteiger partial charge in [0.2, 0.25) is 5.91 Å². The summed E-state index contributed by atoms with van der Waals surface area (Å²) in [6, 6.07) is 15.3. The van der Waals surface area contributed by atoms with Crippen molar-refractivity contribution in [3.8, 4) is 5.75 Å². The molecule has 7 heteroatoms. The molecule has 2 aromatic carbocycles. The van der Waals surface area contributed by atoms with Gasteiger partial charge in [0.25, 0.3) is 5.91 Å². The summed E-state index contributed by atoms with van der Waals surface area (Å²) in [4.78, 5) is 26.9.